The molecule has 26 heavy (non-hydrogen) atoms. The average Bonchev–Trinajstić information content (AvgIpc) is 2.62. The van der Waals surface area contributed by atoms with E-state index in [2.05, 4.69) is 20.3 Å². The van der Waals surface area contributed by atoms with E-state index in [1.165, 1.54) is 6.92 Å². The van der Waals surface area contributed by atoms with Crippen LogP contribution in [0.3, 0.4) is 0 Å². The number of aromatic nitrogens is 3. The Morgan fingerprint density at radius 1 is 1.08 bits per heavy atom. The molecular formula is C19H19N5O2. The summed E-state index contributed by atoms with van der Waals surface area (Å²) in [6, 6.07) is 14.7. The van der Waals surface area contributed by atoms with Crippen molar-refractivity contribution in [3.05, 3.63) is 65.5 Å². The van der Waals surface area contributed by atoms with Crippen LogP contribution >= 0.6 is 0 Å². The van der Waals surface area contributed by atoms with E-state index in [0.717, 1.165) is 11.3 Å². The van der Waals surface area contributed by atoms with Gasteiger partial charge in [-0.15, -0.1) is 0 Å². The van der Waals surface area contributed by atoms with Crippen LogP contribution in [0.25, 0.3) is 0 Å². The highest BCUT2D eigenvalue weighted by molar-refractivity contribution is 5.94. The normalized spacial score (nSPS) is 10.4. The lowest BCUT2D eigenvalue weighted by Gasteiger charge is -2.10. The fourth-order valence-electron chi connectivity index (χ4n) is 2.33. The SMILES string of the molecule is CC(=O)c1ccc(OCc2nc(N)nc(Nc3ccccc3C)n2)cc1. The molecule has 0 bridgehead atoms. The molecular weight excluding hydrogens is 330 g/mol. The van der Waals surface area contributed by atoms with Gasteiger partial charge < -0.3 is 15.8 Å². The summed E-state index contributed by atoms with van der Waals surface area (Å²) in [6.07, 6.45) is 0. The van der Waals surface area contributed by atoms with Crippen molar-refractivity contribution >= 4 is 23.4 Å². The number of carbonyl (C=O) groups excluding carboxylic acids is 1. The van der Waals surface area contributed by atoms with Crippen molar-refractivity contribution < 1.29 is 9.53 Å². The second kappa shape index (κ2) is 7.60. The van der Waals surface area contributed by atoms with Crippen molar-refractivity contribution in [2.75, 3.05) is 11.1 Å². The zero-order chi connectivity index (χ0) is 18.5. The van der Waals surface area contributed by atoms with Crippen molar-refractivity contribution in [3.8, 4) is 5.75 Å². The number of benzene rings is 2. The number of aryl methyl sites for hydroxylation is 1. The number of carbonyl (C=O) groups is 1. The number of para-hydroxylation sites is 1. The molecule has 0 aliphatic heterocycles. The molecule has 0 amide bonds. The Balaban J connectivity index is 1.71. The summed E-state index contributed by atoms with van der Waals surface area (Å²) in [6.45, 7) is 3.64. The first-order valence-electron chi connectivity index (χ1n) is 8.08. The van der Waals surface area contributed by atoms with Gasteiger partial charge in [-0.3, -0.25) is 4.79 Å². The Hall–Kier alpha value is -3.48. The Morgan fingerprint density at radius 2 is 1.81 bits per heavy atom. The molecule has 3 rings (SSSR count). The fourth-order valence-corrected chi connectivity index (χ4v) is 2.33. The number of nitrogen functional groups attached to an aromatic ring is 1. The molecule has 7 nitrogen and oxygen atoms in total. The number of nitrogens with one attached hydrogen (secondary N) is 1. The standard InChI is InChI=1S/C19H19N5O2/c1-12-5-3-4-6-16(12)21-19-23-17(22-18(20)24-19)11-26-15-9-7-14(8-10-15)13(2)25/h3-10H,11H2,1-2H3,(H3,20,21,22,23,24). The zero-order valence-corrected chi connectivity index (χ0v) is 14.6. The molecule has 0 aliphatic rings. The number of nitrogens with two attached hydrogens (primary N) is 1. The molecule has 0 atom stereocenters. The molecule has 132 valence electrons. The van der Waals surface area contributed by atoms with Gasteiger partial charge in [-0.2, -0.15) is 15.0 Å². The highest BCUT2D eigenvalue weighted by Gasteiger charge is 2.07. The number of hydrogen-bond acceptors (Lipinski definition) is 7. The first-order chi connectivity index (χ1) is 12.5. The lowest BCUT2D eigenvalue weighted by molar-refractivity contribution is 0.101. The van der Waals surface area contributed by atoms with Gasteiger partial charge in [0.2, 0.25) is 11.9 Å². The maximum atomic E-state index is 11.3. The summed E-state index contributed by atoms with van der Waals surface area (Å²) in [5.41, 5.74) is 8.37. The first kappa shape index (κ1) is 17.3. The lowest BCUT2D eigenvalue weighted by atomic mass is 10.1. The number of ether oxygens (including phenoxy) is 1. The highest BCUT2D eigenvalue weighted by atomic mass is 16.5. The summed E-state index contributed by atoms with van der Waals surface area (Å²) in [7, 11) is 0. The van der Waals surface area contributed by atoms with E-state index in [-0.39, 0.29) is 18.3 Å². The molecule has 0 aliphatic carbocycles. The minimum absolute atomic E-state index is 0.00807. The van der Waals surface area contributed by atoms with E-state index in [4.69, 9.17) is 10.5 Å². The van der Waals surface area contributed by atoms with Crippen LogP contribution in [0.2, 0.25) is 0 Å². The molecule has 0 spiro atoms. The highest BCUT2D eigenvalue weighted by Crippen LogP contribution is 2.18. The monoisotopic (exact) mass is 349 g/mol. The largest absolute Gasteiger partial charge is 0.486 e. The number of ketones is 1. The molecule has 1 heterocycles. The average molecular weight is 349 g/mol. The Labute approximate surface area is 151 Å². The molecule has 0 saturated heterocycles. The zero-order valence-electron chi connectivity index (χ0n) is 14.6. The third-order valence-electron chi connectivity index (χ3n) is 3.72. The van der Waals surface area contributed by atoms with Crippen LogP contribution in [0.4, 0.5) is 17.6 Å². The predicted molar refractivity (Wildman–Crippen MR) is 99.5 cm³/mol. The van der Waals surface area contributed by atoms with Crippen molar-refractivity contribution in [2.24, 2.45) is 0 Å². The second-order valence-electron chi connectivity index (χ2n) is 5.74. The van der Waals surface area contributed by atoms with Gasteiger partial charge in [-0.1, -0.05) is 18.2 Å². The van der Waals surface area contributed by atoms with E-state index >= 15 is 0 Å². The van der Waals surface area contributed by atoms with Gasteiger partial charge in [0.15, 0.2) is 11.6 Å². The van der Waals surface area contributed by atoms with Crippen molar-refractivity contribution in [1.29, 1.82) is 0 Å². The topological polar surface area (TPSA) is 103 Å². The van der Waals surface area contributed by atoms with E-state index in [9.17, 15) is 4.79 Å². The van der Waals surface area contributed by atoms with Crippen LogP contribution in [0.5, 0.6) is 5.75 Å². The van der Waals surface area contributed by atoms with Crippen LogP contribution in [-0.2, 0) is 6.61 Å². The maximum absolute atomic E-state index is 11.3. The molecule has 0 fully saturated rings. The summed E-state index contributed by atoms with van der Waals surface area (Å²) in [4.78, 5) is 23.8. The minimum Gasteiger partial charge on any atom is -0.486 e. The van der Waals surface area contributed by atoms with Gasteiger partial charge >= 0.3 is 0 Å². The number of nitrogens with zero attached hydrogens (tertiary/aromatic N) is 3. The summed E-state index contributed by atoms with van der Waals surface area (Å²) in [5, 5.41) is 3.14. The predicted octanol–water partition coefficient (Wildman–Crippen LogP) is 3.29. The Morgan fingerprint density at radius 3 is 2.50 bits per heavy atom. The fraction of sp³-hybridized carbons (Fsp3) is 0.158. The molecule has 1 aromatic heterocycles. The summed E-state index contributed by atoms with van der Waals surface area (Å²) < 4.78 is 5.66. The molecule has 0 radical (unpaired) electrons. The van der Waals surface area contributed by atoms with Crippen LogP contribution < -0.4 is 15.8 Å². The van der Waals surface area contributed by atoms with E-state index in [0.29, 0.717) is 23.1 Å². The summed E-state index contributed by atoms with van der Waals surface area (Å²) in [5.74, 6) is 1.50. The Bertz CT molecular complexity index is 925. The van der Waals surface area contributed by atoms with E-state index in [1.807, 2.05) is 31.2 Å². The van der Waals surface area contributed by atoms with Gasteiger partial charge in [0.25, 0.3) is 0 Å². The van der Waals surface area contributed by atoms with Crippen LogP contribution in [0.15, 0.2) is 48.5 Å². The third-order valence-corrected chi connectivity index (χ3v) is 3.72. The Kier molecular flexibility index (Phi) is 5.07. The molecule has 0 saturated carbocycles. The lowest BCUT2D eigenvalue weighted by Crippen LogP contribution is -2.09. The first-order valence-corrected chi connectivity index (χ1v) is 8.08. The smallest absolute Gasteiger partial charge is 0.232 e. The minimum atomic E-state index is 0.00807. The van der Waals surface area contributed by atoms with Gasteiger partial charge in [0.05, 0.1) is 0 Å². The van der Waals surface area contributed by atoms with Crippen LogP contribution in [0.1, 0.15) is 28.7 Å². The number of hydrogen-bond donors (Lipinski definition) is 2. The molecule has 0 unspecified atom stereocenters. The maximum Gasteiger partial charge on any atom is 0.232 e. The quantitative estimate of drug-likeness (QED) is 0.658. The van der Waals surface area contributed by atoms with Gasteiger partial charge in [0, 0.05) is 11.3 Å². The van der Waals surface area contributed by atoms with Gasteiger partial charge in [-0.05, 0) is 49.7 Å². The summed E-state index contributed by atoms with van der Waals surface area (Å²) >= 11 is 0. The van der Waals surface area contributed by atoms with Crippen molar-refractivity contribution in [3.63, 3.8) is 0 Å². The van der Waals surface area contributed by atoms with E-state index < -0.39 is 0 Å². The number of Topliss-reactive ketones (excluding diaryl/α,β-unsaturated/α-hetero) is 1. The number of rotatable bonds is 6. The van der Waals surface area contributed by atoms with Crippen LogP contribution in [0, 0.1) is 6.92 Å². The van der Waals surface area contributed by atoms with Gasteiger partial charge in [-0.25, -0.2) is 0 Å². The van der Waals surface area contributed by atoms with E-state index in [1.54, 1.807) is 24.3 Å². The van der Waals surface area contributed by atoms with Gasteiger partial charge in [0.1, 0.15) is 12.4 Å². The number of anilines is 3. The van der Waals surface area contributed by atoms with Crippen LogP contribution in [-0.4, -0.2) is 20.7 Å². The third kappa shape index (κ3) is 4.32. The molecule has 2 aromatic carbocycles. The molecule has 7 heteroatoms. The molecule has 3 aromatic rings. The second-order valence-corrected chi connectivity index (χ2v) is 5.74. The van der Waals surface area contributed by atoms with Crippen molar-refractivity contribution in [1.82, 2.24) is 15.0 Å². The van der Waals surface area contributed by atoms with Crippen molar-refractivity contribution in [2.45, 2.75) is 20.5 Å². The molecule has 3 N–H and O–H groups in total.